The molecule has 3 nitrogen and oxygen atoms in total. The van der Waals surface area contributed by atoms with E-state index in [1.165, 1.54) is 13.0 Å². The van der Waals surface area contributed by atoms with Crippen molar-refractivity contribution in [1.29, 1.82) is 0 Å². The van der Waals surface area contributed by atoms with Crippen LogP contribution in [0.15, 0.2) is 42.5 Å². The minimum absolute atomic E-state index is 0.0709. The summed E-state index contributed by atoms with van der Waals surface area (Å²) in [5, 5.41) is 12.9. The molecule has 2 rings (SSSR count). The van der Waals surface area contributed by atoms with Gasteiger partial charge in [-0.3, -0.25) is 4.79 Å². The van der Waals surface area contributed by atoms with Gasteiger partial charge in [-0.1, -0.05) is 23.8 Å². The van der Waals surface area contributed by atoms with Gasteiger partial charge in [0, 0.05) is 17.2 Å². The molecule has 2 aromatic rings. The zero-order chi connectivity index (χ0) is 16.3. The van der Waals surface area contributed by atoms with Gasteiger partial charge in [0.1, 0.15) is 17.2 Å². The van der Waals surface area contributed by atoms with E-state index in [9.17, 15) is 18.7 Å². The molecule has 1 unspecified atom stereocenters. The van der Waals surface area contributed by atoms with E-state index in [2.05, 4.69) is 5.32 Å². The van der Waals surface area contributed by atoms with Crippen molar-refractivity contribution >= 4 is 5.91 Å². The Morgan fingerprint density at radius 2 is 1.95 bits per heavy atom. The van der Waals surface area contributed by atoms with Crippen LogP contribution in [0.3, 0.4) is 0 Å². The molecule has 0 aliphatic rings. The number of halogens is 2. The van der Waals surface area contributed by atoms with Crippen LogP contribution in [0.25, 0.3) is 0 Å². The molecule has 0 aromatic heterocycles. The van der Waals surface area contributed by atoms with E-state index in [0.29, 0.717) is 11.6 Å². The number of nitrogens with one attached hydrogen (secondary N) is 1. The molecule has 116 valence electrons. The van der Waals surface area contributed by atoms with Crippen molar-refractivity contribution in [1.82, 2.24) is 5.32 Å². The molecule has 2 aromatic carbocycles. The molecule has 1 atom stereocenters. The number of amides is 1. The van der Waals surface area contributed by atoms with Crippen LogP contribution in [0.4, 0.5) is 8.78 Å². The Bertz CT molecular complexity index is 699. The van der Waals surface area contributed by atoms with Crippen molar-refractivity contribution in [3.8, 4) is 0 Å². The van der Waals surface area contributed by atoms with Crippen molar-refractivity contribution in [2.75, 3.05) is 6.54 Å². The van der Waals surface area contributed by atoms with Crippen LogP contribution >= 0.6 is 0 Å². The summed E-state index contributed by atoms with van der Waals surface area (Å²) in [6.45, 7) is 3.03. The Hall–Kier alpha value is -2.27. The lowest BCUT2D eigenvalue weighted by Crippen LogP contribution is -2.39. The van der Waals surface area contributed by atoms with Gasteiger partial charge < -0.3 is 10.4 Å². The zero-order valence-electron chi connectivity index (χ0n) is 12.4. The topological polar surface area (TPSA) is 49.3 Å². The van der Waals surface area contributed by atoms with Gasteiger partial charge in [-0.05, 0) is 32.0 Å². The van der Waals surface area contributed by atoms with Gasteiger partial charge in [-0.2, -0.15) is 0 Å². The molecule has 0 heterocycles. The first-order chi connectivity index (χ1) is 10.3. The summed E-state index contributed by atoms with van der Waals surface area (Å²) in [6, 6.07) is 9.91. The van der Waals surface area contributed by atoms with Crippen molar-refractivity contribution in [2.24, 2.45) is 0 Å². The molecule has 0 aliphatic carbocycles. The fourth-order valence-corrected chi connectivity index (χ4v) is 2.16. The maximum Gasteiger partial charge on any atom is 0.251 e. The van der Waals surface area contributed by atoms with Gasteiger partial charge in [0.15, 0.2) is 0 Å². The predicted molar refractivity (Wildman–Crippen MR) is 79.4 cm³/mol. The van der Waals surface area contributed by atoms with Crippen LogP contribution in [-0.4, -0.2) is 17.6 Å². The highest BCUT2D eigenvalue weighted by Gasteiger charge is 2.27. The van der Waals surface area contributed by atoms with Crippen LogP contribution in [0, 0.1) is 18.6 Å². The third-order valence-corrected chi connectivity index (χ3v) is 3.38. The van der Waals surface area contributed by atoms with Gasteiger partial charge in [0.25, 0.3) is 5.91 Å². The molecular formula is C17H17F2NO2. The zero-order valence-corrected chi connectivity index (χ0v) is 12.4. The average molecular weight is 305 g/mol. The third kappa shape index (κ3) is 3.68. The lowest BCUT2D eigenvalue weighted by atomic mass is 9.95. The third-order valence-electron chi connectivity index (χ3n) is 3.38. The quantitative estimate of drug-likeness (QED) is 0.912. The first-order valence-electron chi connectivity index (χ1n) is 6.82. The fraction of sp³-hybridized carbons (Fsp3) is 0.235. The number of carbonyl (C=O) groups is 1. The van der Waals surface area contributed by atoms with Gasteiger partial charge >= 0.3 is 0 Å². The van der Waals surface area contributed by atoms with Crippen LogP contribution in [0.5, 0.6) is 0 Å². The normalized spacial score (nSPS) is 13.5. The summed E-state index contributed by atoms with van der Waals surface area (Å²) < 4.78 is 26.7. The molecular weight excluding hydrogens is 288 g/mol. The van der Waals surface area contributed by atoms with E-state index in [0.717, 1.165) is 11.6 Å². The van der Waals surface area contributed by atoms with Crippen LogP contribution in [-0.2, 0) is 5.60 Å². The van der Waals surface area contributed by atoms with E-state index >= 15 is 0 Å². The molecule has 0 saturated carbocycles. The van der Waals surface area contributed by atoms with Crippen molar-refractivity contribution in [3.63, 3.8) is 0 Å². The number of aryl methyl sites for hydroxylation is 1. The number of rotatable bonds is 4. The summed E-state index contributed by atoms with van der Waals surface area (Å²) in [4.78, 5) is 12.0. The van der Waals surface area contributed by atoms with E-state index in [-0.39, 0.29) is 18.0 Å². The van der Waals surface area contributed by atoms with Crippen molar-refractivity contribution in [3.05, 3.63) is 70.8 Å². The minimum atomic E-state index is -1.64. The monoisotopic (exact) mass is 305 g/mol. The molecule has 5 heteroatoms. The summed E-state index contributed by atoms with van der Waals surface area (Å²) >= 11 is 0. The number of hydrogen-bond acceptors (Lipinski definition) is 2. The highest BCUT2D eigenvalue weighted by Crippen LogP contribution is 2.23. The molecule has 2 N–H and O–H groups in total. The van der Waals surface area contributed by atoms with Crippen LogP contribution in [0.2, 0.25) is 0 Å². The molecule has 1 amide bonds. The van der Waals surface area contributed by atoms with Gasteiger partial charge in [-0.15, -0.1) is 0 Å². The summed E-state index contributed by atoms with van der Waals surface area (Å²) in [5.74, 6) is -1.94. The second-order valence-corrected chi connectivity index (χ2v) is 5.45. The summed E-state index contributed by atoms with van der Waals surface area (Å²) in [7, 11) is 0. The Morgan fingerprint density at radius 1 is 1.23 bits per heavy atom. The number of carbonyl (C=O) groups excluding carboxylic acids is 1. The van der Waals surface area contributed by atoms with E-state index in [1.807, 2.05) is 13.0 Å². The first-order valence-corrected chi connectivity index (χ1v) is 6.82. The summed E-state index contributed by atoms with van der Waals surface area (Å²) in [6.07, 6.45) is 0. The average Bonchev–Trinajstić information content (AvgIpc) is 2.44. The number of aliphatic hydroxyl groups is 1. The Balaban J connectivity index is 2.10. The predicted octanol–water partition coefficient (Wildman–Crippen LogP) is 2.91. The number of benzene rings is 2. The Labute approximate surface area is 127 Å². The highest BCUT2D eigenvalue weighted by atomic mass is 19.1. The lowest BCUT2D eigenvalue weighted by Gasteiger charge is -2.24. The largest absolute Gasteiger partial charge is 0.383 e. The van der Waals surface area contributed by atoms with Crippen LogP contribution < -0.4 is 5.32 Å². The molecule has 0 saturated heterocycles. The van der Waals surface area contributed by atoms with Crippen molar-refractivity contribution in [2.45, 2.75) is 19.4 Å². The van der Waals surface area contributed by atoms with E-state index < -0.39 is 17.2 Å². The fourth-order valence-electron chi connectivity index (χ4n) is 2.16. The molecule has 22 heavy (non-hydrogen) atoms. The van der Waals surface area contributed by atoms with Gasteiger partial charge in [0.2, 0.25) is 0 Å². The highest BCUT2D eigenvalue weighted by molar-refractivity contribution is 5.94. The standard InChI is InChI=1S/C17H17F2NO2/c1-11-4-3-5-12(8-11)16(21)20-10-17(2,22)14-7-6-13(18)9-15(14)19/h3-9,22H,10H2,1-2H3,(H,20,21). The SMILES string of the molecule is Cc1cccc(C(=O)NCC(C)(O)c2ccc(F)cc2F)c1. The smallest absolute Gasteiger partial charge is 0.251 e. The van der Waals surface area contributed by atoms with Crippen LogP contribution in [0.1, 0.15) is 28.4 Å². The second-order valence-electron chi connectivity index (χ2n) is 5.45. The van der Waals surface area contributed by atoms with Gasteiger partial charge in [0.05, 0.1) is 6.54 Å². The number of hydrogen-bond donors (Lipinski definition) is 2. The molecule has 0 spiro atoms. The maximum absolute atomic E-state index is 13.7. The molecule has 0 fully saturated rings. The van der Waals surface area contributed by atoms with Gasteiger partial charge in [-0.25, -0.2) is 8.78 Å². The lowest BCUT2D eigenvalue weighted by molar-refractivity contribution is 0.0494. The molecule has 0 bridgehead atoms. The summed E-state index contributed by atoms with van der Waals surface area (Å²) in [5.41, 5.74) is -0.324. The molecule has 0 aliphatic heterocycles. The Morgan fingerprint density at radius 3 is 2.59 bits per heavy atom. The second kappa shape index (κ2) is 6.23. The van der Waals surface area contributed by atoms with E-state index in [1.54, 1.807) is 18.2 Å². The van der Waals surface area contributed by atoms with E-state index in [4.69, 9.17) is 0 Å². The minimum Gasteiger partial charge on any atom is -0.383 e. The molecule has 0 radical (unpaired) electrons. The maximum atomic E-state index is 13.7. The van der Waals surface area contributed by atoms with Crippen molar-refractivity contribution < 1.29 is 18.7 Å². The Kier molecular flexibility index (Phi) is 4.56. The first kappa shape index (κ1) is 16.1.